The van der Waals surface area contributed by atoms with Gasteiger partial charge in [0, 0.05) is 17.8 Å². The minimum atomic E-state index is -0.372. The van der Waals surface area contributed by atoms with E-state index in [4.69, 9.17) is 0 Å². The molecule has 2 heteroatoms. The van der Waals surface area contributed by atoms with Gasteiger partial charge in [0.1, 0.15) is 0 Å². The topological polar surface area (TPSA) is 33.1 Å². The third-order valence-corrected chi connectivity index (χ3v) is 2.64. The molecule has 1 heterocycles. The molecule has 0 spiro atoms. The summed E-state index contributed by atoms with van der Waals surface area (Å²) in [5.74, 6) is 0. The van der Waals surface area contributed by atoms with Crippen LogP contribution in [0.1, 0.15) is 31.4 Å². The van der Waals surface area contributed by atoms with Crippen LogP contribution in [0, 0.1) is 0 Å². The zero-order valence-electron chi connectivity index (χ0n) is 8.85. The zero-order chi connectivity index (χ0) is 10.7. The standard InChI is InChI=1S/C13H15NO/c1-2-4-13(15)11-6-3-5-10-7-8-14-9-12(10)11/h3,5-9,13,15H,2,4H2,1H3. The van der Waals surface area contributed by atoms with Crippen LogP contribution < -0.4 is 0 Å². The van der Waals surface area contributed by atoms with Gasteiger partial charge in [0.15, 0.2) is 0 Å². The number of benzene rings is 1. The maximum atomic E-state index is 9.99. The first-order valence-electron chi connectivity index (χ1n) is 5.33. The van der Waals surface area contributed by atoms with Crippen LogP contribution in [0.4, 0.5) is 0 Å². The minimum absolute atomic E-state index is 0.372. The molecule has 0 bridgehead atoms. The number of fused-ring (bicyclic) bond motifs is 1. The molecule has 15 heavy (non-hydrogen) atoms. The molecular weight excluding hydrogens is 186 g/mol. The summed E-state index contributed by atoms with van der Waals surface area (Å²) in [6.45, 7) is 2.08. The van der Waals surface area contributed by atoms with Crippen molar-refractivity contribution in [3.05, 3.63) is 42.2 Å². The first kappa shape index (κ1) is 10.1. The number of rotatable bonds is 3. The van der Waals surface area contributed by atoms with E-state index in [2.05, 4.69) is 11.9 Å². The highest BCUT2D eigenvalue weighted by Gasteiger charge is 2.09. The molecule has 2 rings (SSSR count). The molecular formula is C13H15NO. The van der Waals surface area contributed by atoms with E-state index in [9.17, 15) is 5.11 Å². The van der Waals surface area contributed by atoms with Crippen LogP contribution in [0.15, 0.2) is 36.7 Å². The predicted octanol–water partition coefficient (Wildman–Crippen LogP) is 3.07. The smallest absolute Gasteiger partial charge is 0.0796 e. The highest BCUT2D eigenvalue weighted by Crippen LogP contribution is 2.25. The van der Waals surface area contributed by atoms with E-state index >= 15 is 0 Å². The first-order valence-corrected chi connectivity index (χ1v) is 5.33. The molecule has 1 atom stereocenters. The van der Waals surface area contributed by atoms with Gasteiger partial charge in [-0.15, -0.1) is 0 Å². The van der Waals surface area contributed by atoms with E-state index in [-0.39, 0.29) is 6.10 Å². The van der Waals surface area contributed by atoms with Crippen LogP contribution in [0.3, 0.4) is 0 Å². The fourth-order valence-corrected chi connectivity index (χ4v) is 1.86. The second-order valence-electron chi connectivity index (χ2n) is 3.75. The summed E-state index contributed by atoms with van der Waals surface area (Å²) in [5, 5.41) is 12.2. The van der Waals surface area contributed by atoms with Gasteiger partial charge < -0.3 is 5.11 Å². The number of aromatic nitrogens is 1. The predicted molar refractivity (Wildman–Crippen MR) is 61.6 cm³/mol. The lowest BCUT2D eigenvalue weighted by atomic mass is 9.99. The Morgan fingerprint density at radius 2 is 2.20 bits per heavy atom. The molecule has 0 fully saturated rings. The molecule has 0 amide bonds. The molecule has 1 unspecified atom stereocenters. The molecule has 0 aliphatic rings. The highest BCUT2D eigenvalue weighted by molar-refractivity contribution is 5.85. The van der Waals surface area contributed by atoms with Crippen LogP contribution in [-0.2, 0) is 0 Å². The Kier molecular flexibility index (Phi) is 2.97. The number of aliphatic hydroxyl groups excluding tert-OH is 1. The number of pyridine rings is 1. The average molecular weight is 201 g/mol. The van der Waals surface area contributed by atoms with Crippen molar-refractivity contribution >= 4 is 10.8 Å². The van der Waals surface area contributed by atoms with Crippen molar-refractivity contribution in [2.75, 3.05) is 0 Å². The second kappa shape index (κ2) is 4.41. The lowest BCUT2D eigenvalue weighted by Crippen LogP contribution is -1.97. The number of nitrogens with zero attached hydrogens (tertiary/aromatic N) is 1. The second-order valence-corrected chi connectivity index (χ2v) is 3.75. The Morgan fingerprint density at radius 3 is 3.00 bits per heavy atom. The lowest BCUT2D eigenvalue weighted by Gasteiger charge is -2.12. The van der Waals surface area contributed by atoms with E-state index in [0.717, 1.165) is 29.2 Å². The highest BCUT2D eigenvalue weighted by atomic mass is 16.3. The molecule has 0 radical (unpaired) electrons. The number of hydrogen-bond acceptors (Lipinski definition) is 2. The molecule has 2 nitrogen and oxygen atoms in total. The van der Waals surface area contributed by atoms with E-state index in [1.807, 2.05) is 30.5 Å². The van der Waals surface area contributed by atoms with E-state index in [1.54, 1.807) is 6.20 Å². The Hall–Kier alpha value is -1.41. The summed E-state index contributed by atoms with van der Waals surface area (Å²) in [6.07, 6.45) is 5.01. The Balaban J connectivity index is 2.50. The van der Waals surface area contributed by atoms with Gasteiger partial charge in [-0.05, 0) is 23.4 Å². The van der Waals surface area contributed by atoms with Crippen LogP contribution in [0.5, 0.6) is 0 Å². The maximum absolute atomic E-state index is 9.99. The van der Waals surface area contributed by atoms with Crippen molar-refractivity contribution < 1.29 is 5.11 Å². The quantitative estimate of drug-likeness (QED) is 0.827. The zero-order valence-corrected chi connectivity index (χ0v) is 8.85. The van der Waals surface area contributed by atoms with Crippen molar-refractivity contribution in [1.29, 1.82) is 0 Å². The number of aliphatic hydroxyl groups is 1. The van der Waals surface area contributed by atoms with Gasteiger partial charge >= 0.3 is 0 Å². The number of hydrogen-bond donors (Lipinski definition) is 1. The Morgan fingerprint density at radius 1 is 1.33 bits per heavy atom. The SMILES string of the molecule is CCCC(O)c1cccc2ccncc12. The van der Waals surface area contributed by atoms with Crippen LogP contribution >= 0.6 is 0 Å². The van der Waals surface area contributed by atoms with Gasteiger partial charge in [-0.1, -0.05) is 31.5 Å². The summed E-state index contributed by atoms with van der Waals surface area (Å²) >= 11 is 0. The van der Waals surface area contributed by atoms with Gasteiger partial charge in [0.2, 0.25) is 0 Å². The first-order chi connectivity index (χ1) is 7.33. The van der Waals surface area contributed by atoms with Crippen molar-refractivity contribution in [3.63, 3.8) is 0 Å². The summed E-state index contributed by atoms with van der Waals surface area (Å²) in [7, 11) is 0. The molecule has 1 N–H and O–H groups in total. The Labute approximate surface area is 89.6 Å². The third kappa shape index (κ3) is 2.00. The summed E-state index contributed by atoms with van der Waals surface area (Å²) in [5.41, 5.74) is 0.988. The fourth-order valence-electron chi connectivity index (χ4n) is 1.86. The molecule has 0 aliphatic heterocycles. The molecule has 78 valence electrons. The monoisotopic (exact) mass is 201 g/mol. The molecule has 1 aromatic heterocycles. The van der Waals surface area contributed by atoms with E-state index < -0.39 is 0 Å². The maximum Gasteiger partial charge on any atom is 0.0796 e. The normalized spacial score (nSPS) is 12.9. The van der Waals surface area contributed by atoms with Gasteiger partial charge in [0.25, 0.3) is 0 Å². The third-order valence-electron chi connectivity index (χ3n) is 2.64. The van der Waals surface area contributed by atoms with Gasteiger partial charge in [0.05, 0.1) is 6.10 Å². The van der Waals surface area contributed by atoms with Crippen molar-refractivity contribution in [2.24, 2.45) is 0 Å². The molecule has 1 aromatic carbocycles. The van der Waals surface area contributed by atoms with Gasteiger partial charge in [-0.3, -0.25) is 4.98 Å². The fraction of sp³-hybridized carbons (Fsp3) is 0.308. The van der Waals surface area contributed by atoms with Crippen LogP contribution in [0.25, 0.3) is 10.8 Å². The van der Waals surface area contributed by atoms with Crippen molar-refractivity contribution in [2.45, 2.75) is 25.9 Å². The van der Waals surface area contributed by atoms with Crippen LogP contribution in [-0.4, -0.2) is 10.1 Å². The Bertz CT molecular complexity index is 448. The van der Waals surface area contributed by atoms with Gasteiger partial charge in [-0.25, -0.2) is 0 Å². The van der Waals surface area contributed by atoms with E-state index in [1.165, 1.54) is 0 Å². The minimum Gasteiger partial charge on any atom is -0.388 e. The summed E-state index contributed by atoms with van der Waals surface area (Å²) < 4.78 is 0. The van der Waals surface area contributed by atoms with Crippen LogP contribution in [0.2, 0.25) is 0 Å². The average Bonchev–Trinajstić information content (AvgIpc) is 2.28. The molecule has 2 aromatic rings. The summed E-state index contributed by atoms with van der Waals surface area (Å²) in [6, 6.07) is 7.97. The lowest BCUT2D eigenvalue weighted by molar-refractivity contribution is 0.168. The summed E-state index contributed by atoms with van der Waals surface area (Å²) in [4.78, 5) is 4.10. The van der Waals surface area contributed by atoms with E-state index in [0.29, 0.717) is 0 Å². The molecule has 0 saturated heterocycles. The molecule has 0 aliphatic carbocycles. The van der Waals surface area contributed by atoms with Gasteiger partial charge in [-0.2, -0.15) is 0 Å². The largest absolute Gasteiger partial charge is 0.388 e. The van der Waals surface area contributed by atoms with Crippen molar-refractivity contribution in [1.82, 2.24) is 4.98 Å². The molecule has 0 saturated carbocycles. The van der Waals surface area contributed by atoms with Crippen molar-refractivity contribution in [3.8, 4) is 0 Å².